The first kappa shape index (κ1) is 17.2. The number of carbonyl (C=O) groups excluding carboxylic acids is 1. The average Bonchev–Trinajstić information content (AvgIpc) is 2.83. The van der Waals surface area contributed by atoms with Crippen molar-refractivity contribution >= 4 is 70.5 Å². The van der Waals surface area contributed by atoms with Crippen molar-refractivity contribution in [1.82, 2.24) is 0 Å². The second-order valence-corrected chi connectivity index (χ2v) is 6.33. The van der Waals surface area contributed by atoms with Crippen molar-refractivity contribution < 1.29 is 4.79 Å². The minimum absolute atomic E-state index is 0.226. The van der Waals surface area contributed by atoms with Gasteiger partial charge in [0.2, 0.25) is 0 Å². The van der Waals surface area contributed by atoms with Crippen LogP contribution in [0.4, 0.5) is 11.4 Å². The normalized spacial score (nSPS) is 15.8. The number of hydrogen-bond donors (Lipinski definition) is 2. The number of amidine groups is 1. The number of nitrogens with zero attached hydrogens (tertiary/aromatic N) is 2. The van der Waals surface area contributed by atoms with Crippen LogP contribution in [0, 0.1) is 0 Å². The van der Waals surface area contributed by atoms with E-state index in [1.807, 2.05) is 30.3 Å². The Labute approximate surface area is 159 Å². The highest BCUT2D eigenvalue weighted by Gasteiger charge is 2.33. The molecule has 1 heterocycles. The van der Waals surface area contributed by atoms with Gasteiger partial charge in [0.1, 0.15) is 5.69 Å². The molecule has 1 aliphatic rings. The van der Waals surface area contributed by atoms with Crippen LogP contribution in [0.2, 0.25) is 15.1 Å². The van der Waals surface area contributed by atoms with Crippen molar-refractivity contribution in [1.29, 1.82) is 0 Å². The third-order valence-corrected chi connectivity index (χ3v) is 4.29. The lowest BCUT2D eigenvalue weighted by atomic mass is 10.2. The monoisotopic (exact) mass is 397 g/mol. The molecular weight excluding hydrogens is 389 g/mol. The summed E-state index contributed by atoms with van der Waals surface area (Å²) < 4.78 is 0. The minimum Gasteiger partial charge on any atom is -0.338 e. The molecule has 2 aromatic rings. The molecule has 1 amide bonds. The predicted octanol–water partition coefficient (Wildman–Crippen LogP) is 5.23. The summed E-state index contributed by atoms with van der Waals surface area (Å²) in [6.45, 7) is 0. The molecule has 3 rings (SSSR count). The summed E-state index contributed by atoms with van der Waals surface area (Å²) in [4.78, 5) is 12.6. The van der Waals surface area contributed by atoms with Gasteiger partial charge in [-0.25, -0.2) is 0 Å². The summed E-state index contributed by atoms with van der Waals surface area (Å²) in [5.74, 6) is -0.0437. The molecule has 1 aliphatic heterocycles. The first-order chi connectivity index (χ1) is 11.5. The number of para-hydroxylation sites is 1. The molecule has 0 spiro atoms. The Morgan fingerprint density at radius 1 is 1.08 bits per heavy atom. The second kappa shape index (κ2) is 7.07. The van der Waals surface area contributed by atoms with Gasteiger partial charge in [0, 0.05) is 10.7 Å². The molecule has 0 saturated heterocycles. The van der Waals surface area contributed by atoms with Gasteiger partial charge >= 0.3 is 0 Å². The molecule has 0 aromatic heterocycles. The zero-order chi connectivity index (χ0) is 17.3. The fraction of sp³-hybridized carbons (Fsp3) is 0. The number of thiol groups is 1. The molecule has 8 heteroatoms. The number of halogens is 3. The van der Waals surface area contributed by atoms with E-state index in [1.54, 1.807) is 0 Å². The van der Waals surface area contributed by atoms with Crippen molar-refractivity contribution in [3.63, 3.8) is 0 Å². The third kappa shape index (κ3) is 3.26. The molecule has 0 unspecified atom stereocenters. The average molecular weight is 399 g/mol. The van der Waals surface area contributed by atoms with Crippen LogP contribution in [0.5, 0.6) is 0 Å². The molecule has 0 radical (unpaired) electrons. The lowest BCUT2D eigenvalue weighted by molar-refractivity contribution is -0.114. The SMILES string of the molecule is O=C1/C(=C/S)C(Nc2ccccc2)=NN1c1c(Cl)cc(Cl)cc1Cl. The number of nitrogens with one attached hydrogen (secondary N) is 1. The van der Waals surface area contributed by atoms with E-state index in [0.717, 1.165) is 10.7 Å². The Bertz CT molecular complexity index is 845. The molecule has 0 fully saturated rings. The van der Waals surface area contributed by atoms with Gasteiger partial charge in [0.15, 0.2) is 5.84 Å². The number of rotatable bonds is 2. The molecule has 1 N–H and O–H groups in total. The van der Waals surface area contributed by atoms with Crippen molar-refractivity contribution in [3.05, 3.63) is 68.5 Å². The van der Waals surface area contributed by atoms with Crippen molar-refractivity contribution in [3.8, 4) is 0 Å². The van der Waals surface area contributed by atoms with Crippen molar-refractivity contribution in [2.75, 3.05) is 10.3 Å². The van der Waals surface area contributed by atoms with Gasteiger partial charge < -0.3 is 5.32 Å². The van der Waals surface area contributed by atoms with E-state index in [2.05, 4.69) is 23.0 Å². The number of hydrogen-bond acceptors (Lipinski definition) is 4. The molecule has 24 heavy (non-hydrogen) atoms. The number of hydrazone groups is 1. The lowest BCUT2D eigenvalue weighted by Gasteiger charge is -2.15. The Kier molecular flexibility index (Phi) is 5.06. The second-order valence-electron chi connectivity index (χ2n) is 4.82. The highest BCUT2D eigenvalue weighted by atomic mass is 35.5. The van der Waals surface area contributed by atoms with Gasteiger partial charge in [-0.3, -0.25) is 4.79 Å². The standard InChI is InChI=1S/C16H10Cl3N3OS/c17-9-6-12(18)14(13(19)7-9)22-16(23)11(8-24)15(21-22)20-10-4-2-1-3-5-10/h1-8,24H,(H,20,21)/b11-8+. The Hall–Kier alpha value is -1.66. The topological polar surface area (TPSA) is 44.7 Å². The smallest absolute Gasteiger partial charge is 0.283 e. The van der Waals surface area contributed by atoms with Crippen molar-refractivity contribution in [2.24, 2.45) is 5.10 Å². The van der Waals surface area contributed by atoms with Crippen molar-refractivity contribution in [2.45, 2.75) is 0 Å². The fourth-order valence-corrected chi connectivity index (χ4v) is 3.38. The Morgan fingerprint density at radius 3 is 2.29 bits per heavy atom. The number of benzene rings is 2. The number of amides is 1. The van der Waals surface area contributed by atoms with Crippen LogP contribution in [-0.2, 0) is 4.79 Å². The number of carbonyl (C=O) groups is 1. The molecule has 0 atom stereocenters. The zero-order valence-electron chi connectivity index (χ0n) is 12.0. The predicted molar refractivity (Wildman–Crippen MR) is 104 cm³/mol. The van der Waals surface area contributed by atoms with Crippen LogP contribution in [-0.4, -0.2) is 11.7 Å². The van der Waals surface area contributed by atoms with Gasteiger partial charge in [0.05, 0.1) is 15.6 Å². The lowest BCUT2D eigenvalue weighted by Crippen LogP contribution is -2.22. The summed E-state index contributed by atoms with van der Waals surface area (Å²) in [5.41, 5.74) is 1.35. The third-order valence-electron chi connectivity index (χ3n) is 3.24. The quantitative estimate of drug-likeness (QED) is 0.537. The maximum Gasteiger partial charge on any atom is 0.283 e. The molecule has 122 valence electrons. The zero-order valence-corrected chi connectivity index (χ0v) is 15.2. The van der Waals surface area contributed by atoms with E-state index in [-0.39, 0.29) is 15.7 Å². The van der Waals surface area contributed by atoms with Gasteiger partial charge in [0.25, 0.3) is 5.91 Å². The van der Waals surface area contributed by atoms with Crippen LogP contribution in [0.15, 0.2) is 58.5 Å². The summed E-state index contributed by atoms with van der Waals surface area (Å²) in [5, 5.41) is 10.7. The van der Waals surface area contributed by atoms with Gasteiger partial charge in [-0.1, -0.05) is 53.0 Å². The van der Waals surface area contributed by atoms with E-state index >= 15 is 0 Å². The maximum absolute atomic E-state index is 12.6. The van der Waals surface area contributed by atoms with E-state index in [0.29, 0.717) is 16.4 Å². The van der Waals surface area contributed by atoms with E-state index in [4.69, 9.17) is 34.8 Å². The summed E-state index contributed by atoms with van der Waals surface area (Å²) in [7, 11) is 0. The van der Waals surface area contributed by atoms with Crippen LogP contribution in [0.1, 0.15) is 0 Å². The molecule has 2 aromatic carbocycles. The largest absolute Gasteiger partial charge is 0.338 e. The van der Waals surface area contributed by atoms with Gasteiger partial charge in [-0.15, -0.1) is 5.10 Å². The first-order valence-electron chi connectivity index (χ1n) is 6.75. The first-order valence-corrected chi connectivity index (χ1v) is 8.40. The minimum atomic E-state index is -0.394. The molecule has 4 nitrogen and oxygen atoms in total. The maximum atomic E-state index is 12.6. The molecular formula is C16H10Cl3N3OS. The Balaban J connectivity index is 2.02. The molecule has 0 saturated carbocycles. The van der Waals surface area contributed by atoms with Crippen LogP contribution < -0.4 is 10.3 Å². The van der Waals surface area contributed by atoms with Crippen LogP contribution in [0.3, 0.4) is 0 Å². The Morgan fingerprint density at radius 2 is 1.71 bits per heavy atom. The van der Waals surface area contributed by atoms with Gasteiger partial charge in [-0.05, 0) is 29.7 Å². The van der Waals surface area contributed by atoms with Crippen LogP contribution >= 0.6 is 47.4 Å². The van der Waals surface area contributed by atoms with E-state index in [1.165, 1.54) is 17.5 Å². The van der Waals surface area contributed by atoms with Crippen LogP contribution in [0.25, 0.3) is 0 Å². The fourth-order valence-electron chi connectivity index (χ4n) is 2.17. The number of anilines is 2. The summed E-state index contributed by atoms with van der Waals surface area (Å²) in [6.07, 6.45) is 0. The molecule has 0 aliphatic carbocycles. The van der Waals surface area contributed by atoms with Gasteiger partial charge in [-0.2, -0.15) is 17.6 Å². The van der Waals surface area contributed by atoms with E-state index < -0.39 is 5.91 Å². The molecule has 0 bridgehead atoms. The highest BCUT2D eigenvalue weighted by Crippen LogP contribution is 2.39. The summed E-state index contributed by atoms with van der Waals surface area (Å²) >= 11 is 22.4. The highest BCUT2D eigenvalue weighted by molar-refractivity contribution is 7.83. The summed E-state index contributed by atoms with van der Waals surface area (Å²) in [6, 6.07) is 12.3. The van der Waals surface area contributed by atoms with E-state index in [9.17, 15) is 4.79 Å².